The molecule has 106 valence electrons. The number of benzene rings is 1. The molecule has 1 saturated heterocycles. The van der Waals surface area contributed by atoms with Crippen LogP contribution in [0.25, 0.3) is 0 Å². The third kappa shape index (κ3) is 2.33. The molecule has 2 fully saturated rings. The normalized spacial score (nSPS) is 22.3. The summed E-state index contributed by atoms with van der Waals surface area (Å²) >= 11 is 6.04. The highest BCUT2D eigenvalue weighted by molar-refractivity contribution is 6.32. The fourth-order valence-electron chi connectivity index (χ4n) is 2.44. The van der Waals surface area contributed by atoms with Crippen LogP contribution in [0.5, 0.6) is 5.75 Å². The summed E-state index contributed by atoms with van der Waals surface area (Å²) in [6.07, 6.45) is 2.07. The molecule has 1 aliphatic carbocycles. The number of nitrogens with zero attached hydrogens (tertiary/aromatic N) is 1. The first-order valence-electron chi connectivity index (χ1n) is 6.56. The zero-order valence-electron chi connectivity index (χ0n) is 11.1. The van der Waals surface area contributed by atoms with Crippen LogP contribution in [0.3, 0.4) is 0 Å². The molecule has 5 nitrogen and oxygen atoms in total. The Kier molecular flexibility index (Phi) is 3.30. The van der Waals surface area contributed by atoms with Gasteiger partial charge in [-0.15, -0.1) is 0 Å². The van der Waals surface area contributed by atoms with E-state index in [0.717, 1.165) is 12.8 Å². The molecule has 0 radical (unpaired) electrons. The van der Waals surface area contributed by atoms with E-state index in [2.05, 4.69) is 5.32 Å². The van der Waals surface area contributed by atoms with Gasteiger partial charge in [0.25, 0.3) is 5.91 Å². The van der Waals surface area contributed by atoms with Crippen LogP contribution in [0, 0.1) is 0 Å². The minimum Gasteiger partial charge on any atom is -0.495 e. The van der Waals surface area contributed by atoms with Crippen LogP contribution in [0.1, 0.15) is 19.3 Å². The van der Waals surface area contributed by atoms with Gasteiger partial charge in [0.1, 0.15) is 11.8 Å². The Morgan fingerprint density at radius 3 is 2.70 bits per heavy atom. The largest absolute Gasteiger partial charge is 0.495 e. The number of carbonyl (C=O) groups excluding carboxylic acids is 2. The molecule has 0 aromatic heterocycles. The summed E-state index contributed by atoms with van der Waals surface area (Å²) in [5.74, 6) is 0.352. The fourth-order valence-corrected chi connectivity index (χ4v) is 2.70. The van der Waals surface area contributed by atoms with Crippen LogP contribution in [-0.2, 0) is 9.59 Å². The van der Waals surface area contributed by atoms with Crippen molar-refractivity contribution in [2.45, 2.75) is 31.3 Å². The van der Waals surface area contributed by atoms with Crippen molar-refractivity contribution in [3.8, 4) is 5.75 Å². The lowest BCUT2D eigenvalue weighted by Gasteiger charge is -2.15. The second-order valence-electron chi connectivity index (χ2n) is 5.08. The van der Waals surface area contributed by atoms with Crippen LogP contribution in [0.15, 0.2) is 18.2 Å². The number of likely N-dealkylation sites (tertiary alicyclic amines) is 1. The molecular weight excluding hydrogens is 280 g/mol. The minimum atomic E-state index is -0.493. The van der Waals surface area contributed by atoms with Gasteiger partial charge >= 0.3 is 0 Å². The molecule has 1 N–H and O–H groups in total. The number of amides is 2. The number of rotatable bonds is 4. The summed E-state index contributed by atoms with van der Waals surface area (Å²) in [4.78, 5) is 25.5. The van der Waals surface area contributed by atoms with Gasteiger partial charge in [0, 0.05) is 11.7 Å². The molecule has 0 spiro atoms. The molecule has 1 heterocycles. The lowest BCUT2D eigenvalue weighted by molar-refractivity contribution is -0.139. The Hall–Kier alpha value is -1.75. The monoisotopic (exact) mass is 294 g/mol. The second-order valence-corrected chi connectivity index (χ2v) is 5.49. The highest BCUT2D eigenvalue weighted by atomic mass is 35.5. The van der Waals surface area contributed by atoms with E-state index in [1.54, 1.807) is 25.3 Å². The lowest BCUT2D eigenvalue weighted by Crippen LogP contribution is -2.36. The molecule has 1 aromatic rings. The van der Waals surface area contributed by atoms with Crippen molar-refractivity contribution in [1.82, 2.24) is 4.90 Å². The van der Waals surface area contributed by atoms with Crippen LogP contribution < -0.4 is 10.1 Å². The van der Waals surface area contributed by atoms with Crippen molar-refractivity contribution in [1.29, 1.82) is 0 Å². The van der Waals surface area contributed by atoms with Crippen molar-refractivity contribution < 1.29 is 14.3 Å². The summed E-state index contributed by atoms with van der Waals surface area (Å²) < 4.78 is 5.08. The third-order valence-electron chi connectivity index (χ3n) is 3.59. The van der Waals surface area contributed by atoms with Crippen molar-refractivity contribution >= 4 is 29.1 Å². The number of ether oxygens (including phenoxy) is 1. The molecule has 1 aliphatic heterocycles. The van der Waals surface area contributed by atoms with Crippen LogP contribution in [-0.4, -0.2) is 35.9 Å². The van der Waals surface area contributed by atoms with Crippen LogP contribution in [0.2, 0.25) is 5.02 Å². The van der Waals surface area contributed by atoms with Crippen molar-refractivity contribution in [3.63, 3.8) is 0 Å². The van der Waals surface area contributed by atoms with Gasteiger partial charge < -0.3 is 10.1 Å². The van der Waals surface area contributed by atoms with Gasteiger partial charge in [-0.05, 0) is 31.0 Å². The molecule has 3 rings (SSSR count). The van der Waals surface area contributed by atoms with E-state index in [-0.39, 0.29) is 24.3 Å². The SMILES string of the molecule is COc1ccc(N[C@@H]2CC(=O)N(C3CC3)C2=O)cc1Cl. The summed E-state index contributed by atoms with van der Waals surface area (Å²) in [6.45, 7) is 0. The second kappa shape index (κ2) is 4.98. The predicted octanol–water partition coefficient (Wildman–Crippen LogP) is 2.05. The fraction of sp³-hybridized carbons (Fsp3) is 0.429. The van der Waals surface area contributed by atoms with E-state index in [1.165, 1.54) is 4.90 Å². The number of methoxy groups -OCH3 is 1. The van der Waals surface area contributed by atoms with Gasteiger partial charge in [0.15, 0.2) is 0 Å². The van der Waals surface area contributed by atoms with Gasteiger partial charge in [-0.25, -0.2) is 0 Å². The first-order valence-corrected chi connectivity index (χ1v) is 6.94. The number of hydrogen-bond donors (Lipinski definition) is 1. The standard InChI is InChI=1S/C14H15ClN2O3/c1-20-12-5-2-8(6-10(12)15)16-11-7-13(18)17(14(11)19)9-3-4-9/h2,5-6,9,11,16H,3-4,7H2,1H3/t11-/m1/s1. The van der Waals surface area contributed by atoms with Crippen LogP contribution in [0.4, 0.5) is 5.69 Å². The van der Waals surface area contributed by atoms with E-state index < -0.39 is 6.04 Å². The van der Waals surface area contributed by atoms with Crippen molar-refractivity contribution in [2.24, 2.45) is 0 Å². The predicted molar refractivity (Wildman–Crippen MR) is 74.9 cm³/mol. The van der Waals surface area contributed by atoms with Gasteiger partial charge in [0.2, 0.25) is 5.91 Å². The Balaban J connectivity index is 1.73. The summed E-state index contributed by atoms with van der Waals surface area (Å²) in [5, 5.41) is 3.54. The van der Waals surface area contributed by atoms with E-state index >= 15 is 0 Å². The first kappa shape index (κ1) is 13.2. The first-order chi connectivity index (χ1) is 9.60. The molecular formula is C14H15ClN2O3. The summed E-state index contributed by atoms with van der Waals surface area (Å²) in [6, 6.07) is 4.83. The number of nitrogens with one attached hydrogen (secondary N) is 1. The molecule has 0 bridgehead atoms. The molecule has 6 heteroatoms. The summed E-state index contributed by atoms with van der Waals surface area (Å²) in [5.41, 5.74) is 0.708. The number of carbonyl (C=O) groups is 2. The van der Waals surface area contributed by atoms with E-state index in [1.807, 2.05) is 0 Å². The zero-order valence-corrected chi connectivity index (χ0v) is 11.8. The molecule has 1 atom stereocenters. The molecule has 1 saturated carbocycles. The topological polar surface area (TPSA) is 58.6 Å². The Bertz CT molecular complexity index is 572. The Morgan fingerprint density at radius 2 is 2.10 bits per heavy atom. The molecule has 0 unspecified atom stereocenters. The summed E-state index contributed by atoms with van der Waals surface area (Å²) in [7, 11) is 1.54. The molecule has 20 heavy (non-hydrogen) atoms. The molecule has 1 aromatic carbocycles. The number of anilines is 1. The van der Waals surface area contributed by atoms with Gasteiger partial charge in [-0.1, -0.05) is 11.6 Å². The highest BCUT2D eigenvalue weighted by Crippen LogP contribution is 2.33. The van der Waals surface area contributed by atoms with E-state index in [9.17, 15) is 9.59 Å². The van der Waals surface area contributed by atoms with Crippen LogP contribution >= 0.6 is 11.6 Å². The number of halogens is 1. The van der Waals surface area contributed by atoms with Gasteiger partial charge in [-0.3, -0.25) is 14.5 Å². The third-order valence-corrected chi connectivity index (χ3v) is 3.88. The van der Waals surface area contributed by atoms with Gasteiger partial charge in [0.05, 0.1) is 18.6 Å². The molecule has 2 amide bonds. The van der Waals surface area contributed by atoms with E-state index in [0.29, 0.717) is 16.5 Å². The maximum atomic E-state index is 12.2. The smallest absolute Gasteiger partial charge is 0.252 e. The maximum absolute atomic E-state index is 12.2. The van der Waals surface area contributed by atoms with E-state index in [4.69, 9.17) is 16.3 Å². The Labute approximate surface area is 121 Å². The quantitative estimate of drug-likeness (QED) is 0.864. The maximum Gasteiger partial charge on any atom is 0.252 e. The number of hydrogen-bond acceptors (Lipinski definition) is 4. The average Bonchev–Trinajstić information content (AvgIpc) is 3.19. The minimum absolute atomic E-state index is 0.0883. The van der Waals surface area contributed by atoms with Gasteiger partial charge in [-0.2, -0.15) is 0 Å². The average molecular weight is 295 g/mol. The zero-order chi connectivity index (χ0) is 14.3. The Morgan fingerprint density at radius 1 is 1.35 bits per heavy atom. The van der Waals surface area contributed by atoms with Crippen molar-refractivity contribution in [3.05, 3.63) is 23.2 Å². The lowest BCUT2D eigenvalue weighted by atomic mass is 10.2. The van der Waals surface area contributed by atoms with Crippen molar-refractivity contribution in [2.75, 3.05) is 12.4 Å². The highest BCUT2D eigenvalue weighted by Gasteiger charge is 2.46. The molecule has 2 aliphatic rings. The number of imide groups is 1.